The number of aromatic nitrogens is 1. The molecule has 6 heteroatoms. The molecule has 1 atom stereocenters. The number of para-hydroxylation sites is 1. The molecule has 0 aliphatic carbocycles. The van der Waals surface area contributed by atoms with E-state index in [1.807, 2.05) is 61.1 Å². The maximum atomic E-state index is 13.5. The molecule has 5 rings (SSSR count). The Hall–Kier alpha value is -4.19. The number of hydrogen-bond donors (Lipinski definition) is 1. The van der Waals surface area contributed by atoms with Crippen LogP contribution in [0.3, 0.4) is 0 Å². The summed E-state index contributed by atoms with van der Waals surface area (Å²) in [6.45, 7) is 2.14. The molecule has 1 saturated heterocycles. The fourth-order valence-electron chi connectivity index (χ4n) is 4.80. The van der Waals surface area contributed by atoms with Crippen LogP contribution in [0.25, 0.3) is 16.7 Å². The molecule has 0 saturated carbocycles. The molecule has 1 fully saturated rings. The van der Waals surface area contributed by atoms with Crippen LogP contribution >= 0.6 is 0 Å². The molecular weight excluding hydrogens is 443 g/mol. The van der Waals surface area contributed by atoms with E-state index in [0.29, 0.717) is 11.1 Å². The third-order valence-electron chi connectivity index (χ3n) is 6.66. The first-order chi connectivity index (χ1) is 16.9. The van der Waals surface area contributed by atoms with Gasteiger partial charge in [-0.05, 0) is 35.7 Å². The predicted molar refractivity (Wildman–Crippen MR) is 133 cm³/mol. The number of Topliss-reactive ketones (excluding diaryl/α,β-unsaturated/α-hetero) is 1. The van der Waals surface area contributed by atoms with Gasteiger partial charge >= 0.3 is 0 Å². The lowest BCUT2D eigenvalue weighted by Gasteiger charge is -2.25. The van der Waals surface area contributed by atoms with Gasteiger partial charge in [-0.1, -0.05) is 61.5 Å². The lowest BCUT2D eigenvalue weighted by molar-refractivity contribution is -0.140. The molecule has 0 radical (unpaired) electrons. The zero-order valence-corrected chi connectivity index (χ0v) is 19.5. The lowest BCUT2D eigenvalue weighted by Crippen LogP contribution is -2.29. The Morgan fingerprint density at radius 2 is 1.60 bits per heavy atom. The molecule has 1 aliphatic heterocycles. The highest BCUT2D eigenvalue weighted by molar-refractivity contribution is 6.46. The van der Waals surface area contributed by atoms with Gasteiger partial charge in [-0.2, -0.15) is 0 Å². The molecule has 1 unspecified atom stereocenters. The first kappa shape index (κ1) is 22.6. The van der Waals surface area contributed by atoms with Gasteiger partial charge in [0.2, 0.25) is 0 Å². The molecule has 1 amide bonds. The highest BCUT2D eigenvalue weighted by Gasteiger charge is 2.47. The second kappa shape index (κ2) is 8.87. The van der Waals surface area contributed by atoms with Crippen molar-refractivity contribution < 1.29 is 19.1 Å². The Morgan fingerprint density at radius 3 is 2.29 bits per heavy atom. The number of fused-ring (bicyclic) bond motifs is 1. The average molecular weight is 469 g/mol. The Bertz CT molecular complexity index is 1470. The van der Waals surface area contributed by atoms with Gasteiger partial charge < -0.3 is 14.6 Å². The second-order valence-electron chi connectivity index (χ2n) is 8.82. The smallest absolute Gasteiger partial charge is 0.295 e. The van der Waals surface area contributed by atoms with Crippen molar-refractivity contribution in [2.24, 2.45) is 7.05 Å². The molecule has 0 bridgehead atoms. The van der Waals surface area contributed by atoms with E-state index in [9.17, 15) is 19.1 Å². The Morgan fingerprint density at radius 1 is 0.943 bits per heavy atom. The van der Waals surface area contributed by atoms with Gasteiger partial charge in [0.1, 0.15) is 11.6 Å². The van der Waals surface area contributed by atoms with Crippen molar-refractivity contribution in [3.05, 3.63) is 113 Å². The quantitative estimate of drug-likeness (QED) is 0.239. The summed E-state index contributed by atoms with van der Waals surface area (Å²) < 4.78 is 15.4. The number of ketones is 1. The fourth-order valence-corrected chi connectivity index (χ4v) is 4.80. The molecule has 0 spiro atoms. The molecule has 4 aromatic rings. The molecule has 1 aromatic heterocycles. The fraction of sp³-hybridized carbons (Fsp3) is 0.172. The van der Waals surface area contributed by atoms with Crippen LogP contribution in [0.1, 0.15) is 35.2 Å². The van der Waals surface area contributed by atoms with Gasteiger partial charge in [0.15, 0.2) is 0 Å². The molecule has 2 heterocycles. The summed E-state index contributed by atoms with van der Waals surface area (Å²) in [5, 5.41) is 12.2. The van der Waals surface area contributed by atoms with E-state index in [2.05, 4.69) is 0 Å². The summed E-state index contributed by atoms with van der Waals surface area (Å²) in [5.74, 6) is -2.01. The number of benzene rings is 3. The van der Waals surface area contributed by atoms with Gasteiger partial charge in [0, 0.05) is 41.8 Å². The van der Waals surface area contributed by atoms with Crippen LogP contribution in [0.5, 0.6) is 0 Å². The molecular formula is C29H25FN2O3. The van der Waals surface area contributed by atoms with Gasteiger partial charge in [-0.25, -0.2) is 4.39 Å². The van der Waals surface area contributed by atoms with Crippen molar-refractivity contribution >= 4 is 28.4 Å². The number of carbonyl (C=O) groups is 2. The van der Waals surface area contributed by atoms with Gasteiger partial charge in [0.05, 0.1) is 11.6 Å². The first-order valence-electron chi connectivity index (χ1n) is 11.5. The summed E-state index contributed by atoms with van der Waals surface area (Å²) >= 11 is 0. The summed E-state index contributed by atoms with van der Waals surface area (Å²) in [5.41, 5.74) is 4.01. The third kappa shape index (κ3) is 3.91. The van der Waals surface area contributed by atoms with Gasteiger partial charge in [-0.15, -0.1) is 0 Å². The predicted octanol–water partition coefficient (Wildman–Crippen LogP) is 5.50. The number of aryl methyl sites for hydroxylation is 2. The Balaban J connectivity index is 1.70. The number of rotatable bonds is 5. The number of nitrogens with zero attached hydrogens (tertiary/aromatic N) is 2. The zero-order chi connectivity index (χ0) is 24.7. The van der Waals surface area contributed by atoms with Crippen molar-refractivity contribution in [3.63, 3.8) is 0 Å². The second-order valence-corrected chi connectivity index (χ2v) is 8.82. The molecule has 35 heavy (non-hydrogen) atoms. The molecule has 176 valence electrons. The Kier molecular flexibility index (Phi) is 5.73. The number of likely N-dealkylation sites (tertiary alicyclic amines) is 1. The van der Waals surface area contributed by atoms with Crippen molar-refractivity contribution in [1.82, 2.24) is 9.47 Å². The van der Waals surface area contributed by atoms with E-state index in [0.717, 1.165) is 28.5 Å². The zero-order valence-electron chi connectivity index (χ0n) is 19.5. The number of carbonyl (C=O) groups excluding carboxylic acids is 2. The van der Waals surface area contributed by atoms with E-state index in [4.69, 9.17) is 0 Å². The number of amides is 1. The van der Waals surface area contributed by atoms with E-state index >= 15 is 0 Å². The van der Waals surface area contributed by atoms with Crippen LogP contribution in [0.2, 0.25) is 0 Å². The lowest BCUT2D eigenvalue weighted by atomic mass is 9.94. The van der Waals surface area contributed by atoms with E-state index < -0.39 is 17.7 Å². The van der Waals surface area contributed by atoms with Crippen molar-refractivity contribution in [2.45, 2.75) is 25.9 Å². The first-order valence-corrected chi connectivity index (χ1v) is 11.5. The standard InChI is InChI=1S/C29H25FN2O3/c1-3-18-8-12-20(13-9-18)27(33)25-26(23-17-31(2)24-7-5-4-6-22(23)24)32(29(35)28(25)34)16-19-10-14-21(30)15-11-19/h4-15,17,26,33H,3,16H2,1-2H3/b27-25+. The van der Waals surface area contributed by atoms with Crippen molar-refractivity contribution in [3.8, 4) is 0 Å². The van der Waals surface area contributed by atoms with Crippen molar-refractivity contribution in [2.75, 3.05) is 0 Å². The van der Waals surface area contributed by atoms with Crippen LogP contribution in [-0.4, -0.2) is 26.3 Å². The third-order valence-corrected chi connectivity index (χ3v) is 6.66. The summed E-state index contributed by atoms with van der Waals surface area (Å²) in [6, 6.07) is 20.1. The molecule has 1 aliphatic rings. The number of aliphatic hydroxyl groups is 1. The van der Waals surface area contributed by atoms with E-state index in [1.54, 1.807) is 24.3 Å². The number of aliphatic hydroxyl groups excluding tert-OH is 1. The highest BCUT2D eigenvalue weighted by atomic mass is 19.1. The minimum absolute atomic E-state index is 0.0534. The summed E-state index contributed by atoms with van der Waals surface area (Å²) in [7, 11) is 1.90. The van der Waals surface area contributed by atoms with Crippen LogP contribution in [-0.2, 0) is 29.6 Å². The number of hydrogen-bond acceptors (Lipinski definition) is 3. The van der Waals surface area contributed by atoms with Crippen LogP contribution < -0.4 is 0 Å². The minimum Gasteiger partial charge on any atom is -0.507 e. The average Bonchev–Trinajstić information content (AvgIpc) is 3.34. The molecule has 1 N–H and O–H groups in total. The van der Waals surface area contributed by atoms with Gasteiger partial charge in [-0.3, -0.25) is 9.59 Å². The van der Waals surface area contributed by atoms with Gasteiger partial charge in [0.25, 0.3) is 11.7 Å². The van der Waals surface area contributed by atoms with Crippen LogP contribution in [0.15, 0.2) is 84.6 Å². The van der Waals surface area contributed by atoms with Crippen LogP contribution in [0.4, 0.5) is 4.39 Å². The van der Waals surface area contributed by atoms with Crippen molar-refractivity contribution in [1.29, 1.82) is 0 Å². The maximum Gasteiger partial charge on any atom is 0.295 e. The maximum absolute atomic E-state index is 13.5. The Labute approximate surface area is 202 Å². The largest absolute Gasteiger partial charge is 0.507 e. The van der Waals surface area contributed by atoms with E-state index in [1.165, 1.54) is 17.0 Å². The highest BCUT2D eigenvalue weighted by Crippen LogP contribution is 2.43. The van der Waals surface area contributed by atoms with E-state index in [-0.39, 0.29) is 23.7 Å². The minimum atomic E-state index is -0.794. The summed E-state index contributed by atoms with van der Waals surface area (Å²) in [4.78, 5) is 28.1. The normalized spacial score (nSPS) is 17.5. The van der Waals surface area contributed by atoms with Crippen LogP contribution in [0, 0.1) is 5.82 Å². The monoisotopic (exact) mass is 468 g/mol. The molecule has 5 nitrogen and oxygen atoms in total. The number of halogens is 1. The topological polar surface area (TPSA) is 62.5 Å². The summed E-state index contributed by atoms with van der Waals surface area (Å²) in [6.07, 6.45) is 2.74. The SMILES string of the molecule is CCc1ccc(/C(O)=C2\C(=O)C(=O)N(Cc3ccc(F)cc3)C2c2cn(C)c3ccccc23)cc1. The molecule has 3 aromatic carbocycles.